The third-order valence-corrected chi connectivity index (χ3v) is 6.75. The number of hydrogen-bond acceptors (Lipinski definition) is 4. The fraction of sp³-hybridized carbons (Fsp3) is 0.0500. The molecule has 0 aromatic heterocycles. The molecule has 0 saturated carbocycles. The van der Waals surface area contributed by atoms with E-state index in [9.17, 15) is 9.36 Å². The van der Waals surface area contributed by atoms with Crippen LogP contribution in [0.15, 0.2) is 72.8 Å². The average molecular weight is 421 g/mol. The van der Waals surface area contributed by atoms with E-state index in [-0.39, 0.29) is 5.56 Å². The number of ether oxygens (including phenoxy) is 1. The molecular weight excluding hydrogens is 406 g/mol. The third-order valence-electron chi connectivity index (χ3n) is 3.87. The van der Waals surface area contributed by atoms with Crippen LogP contribution in [0.5, 0.6) is 5.75 Å². The minimum absolute atomic E-state index is 0.263. The van der Waals surface area contributed by atoms with Crippen molar-refractivity contribution in [1.29, 1.82) is 0 Å². The standard InChI is InChI=1S/C20H15Cl2O4P/c1-25-17-8-2-14(3-9-17)20(23)26-27(24,18-10-4-15(21)5-11-18)19-12-6-16(22)7-13-19/h2-13H,1H3. The molecule has 0 radical (unpaired) electrons. The molecule has 3 rings (SSSR count). The topological polar surface area (TPSA) is 52.6 Å². The summed E-state index contributed by atoms with van der Waals surface area (Å²) < 4.78 is 24.4. The van der Waals surface area contributed by atoms with Crippen LogP contribution < -0.4 is 15.3 Å². The Morgan fingerprint density at radius 3 is 1.63 bits per heavy atom. The Hall–Kier alpha value is -2.26. The Labute approximate surface area is 167 Å². The first-order chi connectivity index (χ1) is 12.9. The first-order valence-corrected chi connectivity index (χ1v) is 10.3. The zero-order chi connectivity index (χ0) is 19.4. The van der Waals surface area contributed by atoms with Crippen LogP contribution in [-0.4, -0.2) is 13.1 Å². The summed E-state index contributed by atoms with van der Waals surface area (Å²) in [4.78, 5) is 12.7. The van der Waals surface area contributed by atoms with Crippen molar-refractivity contribution in [2.24, 2.45) is 0 Å². The van der Waals surface area contributed by atoms with Crippen LogP contribution in [-0.2, 0) is 9.09 Å². The Bertz CT molecular complexity index is 935. The molecule has 0 atom stereocenters. The molecule has 0 spiro atoms. The molecular formula is C20H15Cl2O4P. The Morgan fingerprint density at radius 2 is 1.22 bits per heavy atom. The van der Waals surface area contributed by atoms with E-state index < -0.39 is 13.3 Å². The van der Waals surface area contributed by atoms with Crippen molar-refractivity contribution in [3.63, 3.8) is 0 Å². The van der Waals surface area contributed by atoms with Gasteiger partial charge in [0.2, 0.25) is 0 Å². The summed E-state index contributed by atoms with van der Waals surface area (Å²) in [7, 11) is -2.17. The van der Waals surface area contributed by atoms with Crippen LogP contribution in [0.4, 0.5) is 0 Å². The number of hydrogen-bond donors (Lipinski definition) is 0. The maximum absolute atomic E-state index is 13.8. The van der Waals surface area contributed by atoms with Crippen molar-refractivity contribution < 1.29 is 18.6 Å². The van der Waals surface area contributed by atoms with Crippen molar-refractivity contribution >= 4 is 47.1 Å². The minimum atomic E-state index is -3.70. The van der Waals surface area contributed by atoms with Gasteiger partial charge in [-0.05, 0) is 72.8 Å². The molecule has 0 aliphatic carbocycles. The monoisotopic (exact) mass is 420 g/mol. The zero-order valence-corrected chi connectivity index (χ0v) is 16.7. The van der Waals surface area contributed by atoms with Gasteiger partial charge in [-0.1, -0.05) is 23.2 Å². The predicted octanol–water partition coefficient (Wildman–Crippen LogP) is 5.09. The lowest BCUT2D eigenvalue weighted by Gasteiger charge is -2.19. The highest BCUT2D eigenvalue weighted by Crippen LogP contribution is 2.45. The molecule has 0 unspecified atom stereocenters. The first kappa shape index (κ1) is 19.5. The van der Waals surface area contributed by atoms with Crippen molar-refractivity contribution in [2.45, 2.75) is 0 Å². The molecule has 3 aromatic carbocycles. The Kier molecular flexibility index (Phi) is 5.91. The Balaban J connectivity index is 2.01. The van der Waals surface area contributed by atoms with Crippen LogP contribution in [0.25, 0.3) is 0 Å². The lowest BCUT2D eigenvalue weighted by atomic mass is 10.2. The summed E-state index contributed by atoms with van der Waals surface area (Å²) in [6.07, 6.45) is 0. The minimum Gasteiger partial charge on any atom is -0.497 e. The fourth-order valence-electron chi connectivity index (χ4n) is 2.43. The summed E-state index contributed by atoms with van der Waals surface area (Å²) in [6, 6.07) is 19.1. The van der Waals surface area contributed by atoms with Crippen molar-refractivity contribution in [3.8, 4) is 5.75 Å². The van der Waals surface area contributed by atoms with E-state index >= 15 is 0 Å². The number of carbonyl (C=O) groups excluding carboxylic acids is 1. The quantitative estimate of drug-likeness (QED) is 0.539. The number of rotatable bonds is 5. The molecule has 0 aliphatic rings. The average Bonchev–Trinajstić information content (AvgIpc) is 2.69. The second-order valence-corrected chi connectivity index (χ2v) is 8.80. The van der Waals surface area contributed by atoms with Crippen LogP contribution in [0.3, 0.4) is 0 Å². The third kappa shape index (κ3) is 4.36. The number of benzene rings is 3. The second-order valence-electron chi connectivity index (χ2n) is 5.61. The summed E-state index contributed by atoms with van der Waals surface area (Å²) >= 11 is 11.9. The van der Waals surface area contributed by atoms with E-state index in [0.29, 0.717) is 26.4 Å². The Morgan fingerprint density at radius 1 is 0.778 bits per heavy atom. The van der Waals surface area contributed by atoms with Crippen LogP contribution in [0, 0.1) is 0 Å². The number of methoxy groups -OCH3 is 1. The van der Waals surface area contributed by atoms with E-state index in [1.807, 2.05) is 0 Å². The molecule has 4 nitrogen and oxygen atoms in total. The van der Waals surface area contributed by atoms with Gasteiger partial charge in [-0.25, -0.2) is 4.79 Å². The van der Waals surface area contributed by atoms with Gasteiger partial charge in [0.15, 0.2) is 0 Å². The molecule has 0 aliphatic heterocycles. The number of carbonyl (C=O) groups is 1. The van der Waals surface area contributed by atoms with Crippen LogP contribution in [0.2, 0.25) is 10.0 Å². The SMILES string of the molecule is COc1ccc(C(=O)OP(=O)(c2ccc(Cl)cc2)c2ccc(Cl)cc2)cc1. The largest absolute Gasteiger partial charge is 0.497 e. The highest BCUT2D eigenvalue weighted by molar-refractivity contribution is 7.74. The normalized spacial score (nSPS) is 11.1. The van der Waals surface area contributed by atoms with Gasteiger partial charge in [0, 0.05) is 10.0 Å². The predicted molar refractivity (Wildman–Crippen MR) is 108 cm³/mol. The highest BCUT2D eigenvalue weighted by atomic mass is 35.5. The molecule has 0 heterocycles. The van der Waals surface area contributed by atoms with Crippen LogP contribution >= 0.6 is 30.6 Å². The fourth-order valence-corrected chi connectivity index (χ4v) is 4.61. The van der Waals surface area contributed by atoms with Gasteiger partial charge in [0.25, 0.3) is 0 Å². The lowest BCUT2D eigenvalue weighted by molar-refractivity contribution is 0.0747. The molecule has 27 heavy (non-hydrogen) atoms. The van der Waals surface area contributed by atoms with Crippen molar-refractivity contribution in [2.75, 3.05) is 7.11 Å². The van der Waals surface area contributed by atoms with Crippen molar-refractivity contribution in [3.05, 3.63) is 88.4 Å². The van der Waals surface area contributed by atoms with Crippen molar-refractivity contribution in [1.82, 2.24) is 0 Å². The second kappa shape index (κ2) is 8.18. The molecule has 0 amide bonds. The maximum Gasteiger partial charge on any atom is 0.343 e. The van der Waals surface area contributed by atoms with Gasteiger partial charge in [-0.3, -0.25) is 4.57 Å². The summed E-state index contributed by atoms with van der Waals surface area (Å²) in [6.45, 7) is 0. The molecule has 0 N–H and O–H groups in total. The van der Waals surface area contributed by atoms with E-state index in [1.54, 1.807) is 72.8 Å². The molecule has 3 aromatic rings. The smallest absolute Gasteiger partial charge is 0.343 e. The van der Waals surface area contributed by atoms with Gasteiger partial charge in [0.1, 0.15) is 5.75 Å². The highest BCUT2D eigenvalue weighted by Gasteiger charge is 2.32. The zero-order valence-electron chi connectivity index (χ0n) is 14.3. The van der Waals surface area contributed by atoms with Gasteiger partial charge >= 0.3 is 13.3 Å². The number of halogens is 2. The summed E-state index contributed by atoms with van der Waals surface area (Å²) in [5, 5.41) is 1.69. The molecule has 0 saturated heterocycles. The molecule has 0 fully saturated rings. The first-order valence-electron chi connectivity index (χ1n) is 7.93. The maximum atomic E-state index is 13.8. The van der Waals surface area contributed by atoms with Gasteiger partial charge in [0.05, 0.1) is 23.3 Å². The van der Waals surface area contributed by atoms with E-state index in [4.69, 9.17) is 32.5 Å². The van der Waals surface area contributed by atoms with Gasteiger partial charge in [-0.2, -0.15) is 0 Å². The van der Waals surface area contributed by atoms with E-state index in [0.717, 1.165) is 0 Å². The van der Waals surface area contributed by atoms with Gasteiger partial charge in [-0.15, -0.1) is 0 Å². The lowest BCUT2D eigenvalue weighted by Crippen LogP contribution is -2.21. The summed E-state index contributed by atoms with van der Waals surface area (Å²) in [5.41, 5.74) is 0.263. The molecule has 138 valence electrons. The van der Waals surface area contributed by atoms with Crippen LogP contribution in [0.1, 0.15) is 10.4 Å². The van der Waals surface area contributed by atoms with E-state index in [1.165, 1.54) is 7.11 Å². The molecule has 0 bridgehead atoms. The van der Waals surface area contributed by atoms with Gasteiger partial charge < -0.3 is 9.26 Å². The summed E-state index contributed by atoms with van der Waals surface area (Å²) in [5.74, 6) is -0.101. The van der Waals surface area contributed by atoms with E-state index in [2.05, 4.69) is 0 Å². The molecule has 7 heteroatoms.